The number of nitrogens with one attached hydrogen (secondary N) is 1. The Labute approximate surface area is 158 Å². The van der Waals surface area contributed by atoms with E-state index in [-0.39, 0.29) is 5.91 Å². The third-order valence-electron chi connectivity index (χ3n) is 4.41. The van der Waals surface area contributed by atoms with Crippen LogP contribution in [-0.2, 0) is 4.79 Å². The van der Waals surface area contributed by atoms with Gasteiger partial charge in [-0.25, -0.2) is 4.98 Å². The molecule has 0 bridgehead atoms. The van der Waals surface area contributed by atoms with Crippen molar-refractivity contribution < 1.29 is 9.53 Å². The average molecular weight is 366 g/mol. The van der Waals surface area contributed by atoms with Crippen molar-refractivity contribution in [3.05, 3.63) is 59.2 Å². The van der Waals surface area contributed by atoms with Crippen LogP contribution in [0, 0.1) is 20.8 Å². The van der Waals surface area contributed by atoms with E-state index in [0.29, 0.717) is 5.75 Å². The van der Waals surface area contributed by atoms with Crippen molar-refractivity contribution >= 4 is 34.3 Å². The molecule has 5 heteroatoms. The number of pyridine rings is 1. The topological polar surface area (TPSA) is 51.2 Å². The lowest BCUT2D eigenvalue weighted by molar-refractivity contribution is -0.113. The fraction of sp³-hybridized carbons (Fsp3) is 0.238. The molecular weight excluding hydrogens is 344 g/mol. The Kier molecular flexibility index (Phi) is 5.47. The minimum absolute atomic E-state index is 0.0549. The molecule has 0 saturated carbocycles. The van der Waals surface area contributed by atoms with Crippen LogP contribution in [0.25, 0.3) is 10.9 Å². The van der Waals surface area contributed by atoms with Gasteiger partial charge in [0.05, 0.1) is 23.4 Å². The highest BCUT2D eigenvalue weighted by Gasteiger charge is 2.09. The van der Waals surface area contributed by atoms with Gasteiger partial charge in [-0.1, -0.05) is 23.9 Å². The monoisotopic (exact) mass is 366 g/mol. The van der Waals surface area contributed by atoms with Gasteiger partial charge in [0.15, 0.2) is 0 Å². The molecule has 1 aromatic heterocycles. The highest BCUT2D eigenvalue weighted by atomic mass is 32.2. The molecule has 26 heavy (non-hydrogen) atoms. The first kappa shape index (κ1) is 18.3. The molecule has 2 aromatic carbocycles. The second-order valence-corrected chi connectivity index (χ2v) is 7.24. The number of nitrogens with zero attached hydrogens (tertiary/aromatic N) is 1. The van der Waals surface area contributed by atoms with E-state index in [1.54, 1.807) is 7.11 Å². The predicted octanol–water partition coefficient (Wildman–Crippen LogP) is 4.90. The normalized spacial score (nSPS) is 10.8. The zero-order chi connectivity index (χ0) is 18.7. The van der Waals surface area contributed by atoms with E-state index < -0.39 is 0 Å². The summed E-state index contributed by atoms with van der Waals surface area (Å²) in [6.07, 6.45) is 0. The van der Waals surface area contributed by atoms with Gasteiger partial charge in [-0.15, -0.1) is 0 Å². The summed E-state index contributed by atoms with van der Waals surface area (Å²) in [4.78, 5) is 17.0. The molecule has 0 spiro atoms. The lowest BCUT2D eigenvalue weighted by Gasteiger charge is -2.10. The molecule has 1 heterocycles. The Balaban J connectivity index is 1.70. The van der Waals surface area contributed by atoms with Gasteiger partial charge in [-0.2, -0.15) is 0 Å². The largest absolute Gasteiger partial charge is 0.497 e. The van der Waals surface area contributed by atoms with Crippen LogP contribution in [0.5, 0.6) is 5.75 Å². The number of rotatable bonds is 5. The number of thioether (sulfide) groups is 1. The van der Waals surface area contributed by atoms with E-state index in [2.05, 4.69) is 38.2 Å². The first-order chi connectivity index (χ1) is 12.5. The van der Waals surface area contributed by atoms with E-state index >= 15 is 0 Å². The summed E-state index contributed by atoms with van der Waals surface area (Å²) < 4.78 is 5.12. The van der Waals surface area contributed by atoms with Crippen molar-refractivity contribution in [2.24, 2.45) is 0 Å². The first-order valence-corrected chi connectivity index (χ1v) is 9.41. The molecule has 134 valence electrons. The van der Waals surface area contributed by atoms with Crippen LogP contribution in [0.4, 0.5) is 5.69 Å². The summed E-state index contributed by atoms with van der Waals surface area (Å²) in [5, 5.41) is 4.93. The highest BCUT2D eigenvalue weighted by molar-refractivity contribution is 7.99. The van der Waals surface area contributed by atoms with Crippen LogP contribution in [-0.4, -0.2) is 23.8 Å². The number of methoxy groups -OCH3 is 1. The second kappa shape index (κ2) is 7.79. The number of fused-ring (bicyclic) bond motifs is 1. The molecule has 4 nitrogen and oxygen atoms in total. The van der Waals surface area contributed by atoms with Crippen LogP contribution in [0.3, 0.4) is 0 Å². The third kappa shape index (κ3) is 3.99. The Morgan fingerprint density at radius 2 is 1.81 bits per heavy atom. The van der Waals surface area contributed by atoms with Crippen LogP contribution in [0.1, 0.15) is 16.7 Å². The SMILES string of the molecule is COc1ccc(NC(=O)CSc2cc(C)c3ccc(C)c(C)c3n2)cc1. The maximum Gasteiger partial charge on any atom is 0.234 e. The van der Waals surface area contributed by atoms with Crippen molar-refractivity contribution in [3.8, 4) is 5.75 Å². The molecule has 0 fully saturated rings. The van der Waals surface area contributed by atoms with Gasteiger partial charge in [0.2, 0.25) is 5.91 Å². The number of benzene rings is 2. The number of hydrogen-bond donors (Lipinski definition) is 1. The zero-order valence-electron chi connectivity index (χ0n) is 15.4. The molecule has 3 aromatic rings. The molecule has 1 amide bonds. The second-order valence-electron chi connectivity index (χ2n) is 6.25. The van der Waals surface area contributed by atoms with Gasteiger partial charge in [0.1, 0.15) is 5.75 Å². The van der Waals surface area contributed by atoms with Gasteiger partial charge >= 0.3 is 0 Å². The van der Waals surface area contributed by atoms with Crippen molar-refractivity contribution in [1.82, 2.24) is 4.98 Å². The molecular formula is C21H22N2O2S. The van der Waals surface area contributed by atoms with Crippen molar-refractivity contribution in [2.75, 3.05) is 18.2 Å². The van der Waals surface area contributed by atoms with Gasteiger partial charge in [-0.3, -0.25) is 4.79 Å². The van der Waals surface area contributed by atoms with Crippen molar-refractivity contribution in [1.29, 1.82) is 0 Å². The summed E-state index contributed by atoms with van der Waals surface area (Å²) in [7, 11) is 1.62. The molecule has 0 aliphatic rings. The average Bonchev–Trinajstić information content (AvgIpc) is 2.64. The summed E-state index contributed by atoms with van der Waals surface area (Å²) in [6, 6.07) is 13.6. The molecule has 0 aliphatic heterocycles. The molecule has 0 atom stereocenters. The molecule has 0 radical (unpaired) electrons. The van der Waals surface area contributed by atoms with Crippen LogP contribution >= 0.6 is 11.8 Å². The first-order valence-electron chi connectivity index (χ1n) is 8.42. The van der Waals surface area contributed by atoms with Crippen molar-refractivity contribution in [2.45, 2.75) is 25.8 Å². The quantitative estimate of drug-likeness (QED) is 0.653. The third-order valence-corrected chi connectivity index (χ3v) is 5.33. The summed E-state index contributed by atoms with van der Waals surface area (Å²) in [5.41, 5.74) is 5.37. The van der Waals surface area contributed by atoms with E-state index in [4.69, 9.17) is 9.72 Å². The van der Waals surface area contributed by atoms with E-state index in [9.17, 15) is 4.79 Å². The number of carbonyl (C=O) groups is 1. The predicted molar refractivity (Wildman–Crippen MR) is 108 cm³/mol. The molecule has 3 rings (SSSR count). The van der Waals surface area contributed by atoms with E-state index in [1.165, 1.54) is 33.8 Å². The summed E-state index contributed by atoms with van der Waals surface area (Å²) in [6.45, 7) is 6.27. The summed E-state index contributed by atoms with van der Waals surface area (Å²) >= 11 is 1.45. The smallest absolute Gasteiger partial charge is 0.234 e. The Morgan fingerprint density at radius 3 is 2.50 bits per heavy atom. The lowest BCUT2D eigenvalue weighted by Crippen LogP contribution is -2.14. The van der Waals surface area contributed by atoms with Crippen LogP contribution in [0.15, 0.2) is 47.5 Å². The number of hydrogen-bond acceptors (Lipinski definition) is 4. The van der Waals surface area contributed by atoms with Gasteiger partial charge in [0.25, 0.3) is 0 Å². The maximum absolute atomic E-state index is 12.2. The number of aromatic nitrogens is 1. The number of aryl methyl sites for hydroxylation is 3. The number of ether oxygens (including phenoxy) is 1. The standard InChI is InChI=1S/C21H22N2O2S/c1-13-5-10-18-14(2)11-20(23-21(18)15(13)3)26-12-19(24)22-16-6-8-17(25-4)9-7-16/h5-11H,12H2,1-4H3,(H,22,24). The van der Waals surface area contributed by atoms with E-state index in [1.807, 2.05) is 30.3 Å². The lowest BCUT2D eigenvalue weighted by atomic mass is 10.0. The molecule has 0 unspecified atom stereocenters. The van der Waals surface area contributed by atoms with Crippen molar-refractivity contribution in [3.63, 3.8) is 0 Å². The van der Waals surface area contributed by atoms with E-state index in [0.717, 1.165) is 22.0 Å². The van der Waals surface area contributed by atoms with Gasteiger partial charge < -0.3 is 10.1 Å². The molecule has 0 saturated heterocycles. The van der Waals surface area contributed by atoms with Gasteiger partial charge in [0, 0.05) is 11.1 Å². The number of amides is 1. The molecule has 1 N–H and O–H groups in total. The van der Waals surface area contributed by atoms with Crippen LogP contribution in [0.2, 0.25) is 0 Å². The highest BCUT2D eigenvalue weighted by Crippen LogP contribution is 2.27. The maximum atomic E-state index is 12.2. The Morgan fingerprint density at radius 1 is 1.08 bits per heavy atom. The fourth-order valence-electron chi connectivity index (χ4n) is 2.75. The van der Waals surface area contributed by atoms with Crippen LogP contribution < -0.4 is 10.1 Å². The Bertz CT molecular complexity index is 952. The fourth-order valence-corrected chi connectivity index (χ4v) is 3.52. The number of anilines is 1. The zero-order valence-corrected chi connectivity index (χ0v) is 16.2. The van der Waals surface area contributed by atoms with Gasteiger partial charge in [-0.05, 0) is 67.8 Å². The Hall–Kier alpha value is -2.53. The minimum atomic E-state index is -0.0549. The summed E-state index contributed by atoms with van der Waals surface area (Å²) in [5.74, 6) is 1.02. The number of carbonyl (C=O) groups excluding carboxylic acids is 1. The molecule has 0 aliphatic carbocycles. The minimum Gasteiger partial charge on any atom is -0.497 e.